The molecule has 1 saturated heterocycles. The minimum absolute atomic E-state index is 0. The monoisotopic (exact) mass is 571 g/mol. The molecule has 0 unspecified atom stereocenters. The largest absolute Gasteiger partial charge is 0.355 e. The minimum atomic E-state index is -3.44. The molecular formula is C19H34IN5O3S2. The lowest BCUT2D eigenvalue weighted by molar-refractivity contribution is -0.136. The Hall–Kier alpha value is -0.920. The molecule has 1 aromatic heterocycles. The lowest BCUT2D eigenvalue weighted by atomic mass is 9.98. The van der Waals surface area contributed by atoms with Gasteiger partial charge in [0.25, 0.3) is 0 Å². The van der Waals surface area contributed by atoms with Crippen molar-refractivity contribution in [3.63, 3.8) is 0 Å². The summed E-state index contributed by atoms with van der Waals surface area (Å²) in [5.74, 6) is 1.05. The number of aliphatic imine (C=N–C) groups is 1. The highest BCUT2D eigenvalue weighted by atomic mass is 127. The minimum Gasteiger partial charge on any atom is -0.355 e. The van der Waals surface area contributed by atoms with Crippen LogP contribution in [-0.4, -0.2) is 64.5 Å². The zero-order chi connectivity index (χ0) is 21.3. The second-order valence-electron chi connectivity index (χ2n) is 7.09. The van der Waals surface area contributed by atoms with E-state index in [2.05, 4.69) is 34.2 Å². The van der Waals surface area contributed by atoms with E-state index in [4.69, 9.17) is 0 Å². The molecule has 11 heteroatoms. The summed E-state index contributed by atoms with van der Waals surface area (Å²) in [7, 11) is -1.75. The Balaban J connectivity index is 0.00000450. The molecule has 2 heterocycles. The molecule has 0 spiro atoms. The molecule has 8 nitrogen and oxygen atoms in total. The molecule has 1 aliphatic rings. The highest BCUT2D eigenvalue weighted by molar-refractivity contribution is 14.0. The highest BCUT2D eigenvalue weighted by Crippen LogP contribution is 2.17. The lowest BCUT2D eigenvalue weighted by Crippen LogP contribution is -2.51. The topological polar surface area (TPSA) is 103 Å². The average Bonchev–Trinajstić information content (AvgIpc) is 3.27. The smallest absolute Gasteiger partial charge is 0.250 e. The predicted octanol–water partition coefficient (Wildman–Crippen LogP) is 2.24. The summed E-state index contributed by atoms with van der Waals surface area (Å²) in [5.41, 5.74) is 0. The number of carbonyl (C=O) groups excluding carboxylic acids is 1. The molecule has 0 atom stereocenters. The fourth-order valence-corrected chi connectivity index (χ4v) is 5.45. The summed E-state index contributed by atoms with van der Waals surface area (Å²) in [6, 6.07) is 3.54. The van der Waals surface area contributed by atoms with Crippen molar-refractivity contribution in [2.75, 3.05) is 33.2 Å². The van der Waals surface area contributed by atoms with E-state index >= 15 is 0 Å². The summed E-state index contributed by atoms with van der Waals surface area (Å²) in [5, 5.41) is 8.25. The van der Waals surface area contributed by atoms with E-state index in [1.165, 1.54) is 11.3 Å². The first kappa shape index (κ1) is 27.1. The maximum atomic E-state index is 12.5. The fraction of sp³-hybridized carbons (Fsp3) is 0.684. The van der Waals surface area contributed by atoms with E-state index < -0.39 is 10.0 Å². The van der Waals surface area contributed by atoms with Crippen molar-refractivity contribution < 1.29 is 13.2 Å². The molecule has 1 aromatic rings. The van der Waals surface area contributed by atoms with Crippen LogP contribution >= 0.6 is 35.3 Å². The Morgan fingerprint density at radius 1 is 1.27 bits per heavy atom. The standard InChI is InChI=1S/C19H33N5O3S2.HI/c1-4-15(5-2)18(25)24-12-8-16(9-13-24)23-19(20-3)21-10-11-22-29(26,27)17-7-6-14-28-17;/h6-7,14-16,22H,4-5,8-13H2,1-3H3,(H2,20,21,23);1H. The van der Waals surface area contributed by atoms with Gasteiger partial charge in [0.2, 0.25) is 15.9 Å². The first-order chi connectivity index (χ1) is 13.9. The molecule has 0 saturated carbocycles. The fourth-order valence-electron chi connectivity index (χ4n) is 3.38. The van der Waals surface area contributed by atoms with Crippen LogP contribution in [0.1, 0.15) is 39.5 Å². The Kier molecular flexibility index (Phi) is 12.2. The van der Waals surface area contributed by atoms with Crippen molar-refractivity contribution in [1.82, 2.24) is 20.3 Å². The van der Waals surface area contributed by atoms with Gasteiger partial charge in [-0.05, 0) is 37.1 Å². The number of piperidine rings is 1. The number of thiophene rings is 1. The van der Waals surface area contributed by atoms with Gasteiger partial charge >= 0.3 is 0 Å². The molecule has 3 N–H and O–H groups in total. The van der Waals surface area contributed by atoms with Crippen LogP contribution in [0, 0.1) is 5.92 Å². The Morgan fingerprint density at radius 2 is 1.93 bits per heavy atom. The second kappa shape index (κ2) is 13.5. The molecule has 1 aliphatic heterocycles. The Labute approximate surface area is 201 Å². The number of rotatable bonds is 9. The number of carbonyl (C=O) groups is 1. The van der Waals surface area contributed by atoms with Gasteiger partial charge in [0.15, 0.2) is 5.96 Å². The van der Waals surface area contributed by atoms with Crippen molar-refractivity contribution >= 4 is 57.2 Å². The molecule has 0 aliphatic carbocycles. The van der Waals surface area contributed by atoms with Crippen LogP contribution < -0.4 is 15.4 Å². The summed E-state index contributed by atoms with van der Waals surface area (Å²) < 4.78 is 27.1. The van der Waals surface area contributed by atoms with Crippen molar-refractivity contribution in [2.45, 2.75) is 49.8 Å². The number of guanidine groups is 1. The van der Waals surface area contributed by atoms with Gasteiger partial charge in [0.1, 0.15) is 4.21 Å². The summed E-state index contributed by atoms with van der Waals surface area (Å²) in [4.78, 5) is 18.7. The molecule has 172 valence electrons. The SMILES string of the molecule is CCC(CC)C(=O)N1CCC(NC(=NC)NCCNS(=O)(=O)c2cccs2)CC1.I. The predicted molar refractivity (Wildman–Crippen MR) is 133 cm³/mol. The van der Waals surface area contributed by atoms with Gasteiger partial charge < -0.3 is 15.5 Å². The van der Waals surface area contributed by atoms with Gasteiger partial charge in [0.05, 0.1) is 0 Å². The number of halogens is 1. The Bertz CT molecular complexity index is 759. The van der Waals surface area contributed by atoms with Crippen LogP contribution in [0.4, 0.5) is 0 Å². The maximum absolute atomic E-state index is 12.5. The van der Waals surface area contributed by atoms with Crippen LogP contribution in [0.3, 0.4) is 0 Å². The van der Waals surface area contributed by atoms with Crippen LogP contribution in [-0.2, 0) is 14.8 Å². The van der Waals surface area contributed by atoms with Gasteiger partial charge in [-0.3, -0.25) is 9.79 Å². The molecule has 30 heavy (non-hydrogen) atoms. The third-order valence-electron chi connectivity index (χ3n) is 5.18. The van der Waals surface area contributed by atoms with Crippen LogP contribution in [0.15, 0.2) is 26.7 Å². The first-order valence-electron chi connectivity index (χ1n) is 10.2. The van der Waals surface area contributed by atoms with Gasteiger partial charge in [0, 0.05) is 45.2 Å². The van der Waals surface area contributed by atoms with Crippen LogP contribution in [0.2, 0.25) is 0 Å². The normalized spacial score (nSPS) is 15.7. The number of hydrogen-bond acceptors (Lipinski definition) is 5. The quantitative estimate of drug-likeness (QED) is 0.183. The highest BCUT2D eigenvalue weighted by Gasteiger charge is 2.26. The molecule has 0 bridgehead atoms. The molecular weight excluding hydrogens is 537 g/mol. The van der Waals surface area contributed by atoms with E-state index in [1.54, 1.807) is 24.6 Å². The summed E-state index contributed by atoms with van der Waals surface area (Å²) in [6.07, 6.45) is 3.52. The van der Waals surface area contributed by atoms with Crippen molar-refractivity contribution in [3.8, 4) is 0 Å². The number of likely N-dealkylation sites (tertiary alicyclic amines) is 1. The third-order valence-corrected chi connectivity index (χ3v) is 8.03. The number of nitrogens with one attached hydrogen (secondary N) is 3. The van der Waals surface area contributed by atoms with Gasteiger partial charge in [-0.2, -0.15) is 0 Å². The summed E-state index contributed by atoms with van der Waals surface area (Å²) >= 11 is 1.19. The number of nitrogens with zero attached hydrogens (tertiary/aromatic N) is 2. The van der Waals surface area contributed by atoms with E-state index in [1.807, 2.05) is 4.90 Å². The summed E-state index contributed by atoms with van der Waals surface area (Å²) in [6.45, 7) is 6.34. The van der Waals surface area contributed by atoms with Crippen LogP contribution in [0.25, 0.3) is 0 Å². The number of sulfonamides is 1. The molecule has 0 radical (unpaired) electrons. The van der Waals surface area contributed by atoms with Crippen molar-refractivity contribution in [2.24, 2.45) is 10.9 Å². The third kappa shape index (κ3) is 7.97. The number of amides is 1. The maximum Gasteiger partial charge on any atom is 0.250 e. The Morgan fingerprint density at radius 3 is 2.47 bits per heavy atom. The van der Waals surface area contributed by atoms with Crippen molar-refractivity contribution in [1.29, 1.82) is 0 Å². The van der Waals surface area contributed by atoms with Crippen LogP contribution in [0.5, 0.6) is 0 Å². The van der Waals surface area contributed by atoms with Gasteiger partial charge in [-0.15, -0.1) is 35.3 Å². The molecule has 1 amide bonds. The second-order valence-corrected chi connectivity index (χ2v) is 10.0. The first-order valence-corrected chi connectivity index (χ1v) is 12.6. The van der Waals surface area contributed by atoms with E-state index in [0.717, 1.165) is 38.8 Å². The lowest BCUT2D eigenvalue weighted by Gasteiger charge is -2.34. The number of hydrogen-bond donors (Lipinski definition) is 3. The molecule has 0 aromatic carbocycles. The zero-order valence-electron chi connectivity index (χ0n) is 17.9. The van der Waals surface area contributed by atoms with E-state index in [9.17, 15) is 13.2 Å². The molecule has 2 rings (SSSR count). The zero-order valence-corrected chi connectivity index (χ0v) is 21.9. The van der Waals surface area contributed by atoms with Gasteiger partial charge in [-0.25, -0.2) is 13.1 Å². The van der Waals surface area contributed by atoms with Crippen molar-refractivity contribution in [3.05, 3.63) is 17.5 Å². The average molecular weight is 572 g/mol. The van der Waals surface area contributed by atoms with E-state index in [-0.39, 0.29) is 48.4 Å². The van der Waals surface area contributed by atoms with E-state index in [0.29, 0.717) is 16.7 Å². The molecule has 1 fully saturated rings. The van der Waals surface area contributed by atoms with Gasteiger partial charge in [-0.1, -0.05) is 19.9 Å².